The molecule has 1 unspecified atom stereocenters. The number of nitrogens with one attached hydrogen (secondary N) is 1. The van der Waals surface area contributed by atoms with Crippen LogP contribution in [0, 0.1) is 11.8 Å². The number of hydrogen-bond acceptors (Lipinski definition) is 4. The van der Waals surface area contributed by atoms with Crippen molar-refractivity contribution in [2.24, 2.45) is 17.6 Å². The third kappa shape index (κ3) is 6.41. The smallest absolute Gasteiger partial charge is 0.226 e. The third-order valence-corrected chi connectivity index (χ3v) is 7.75. The van der Waals surface area contributed by atoms with Crippen molar-refractivity contribution in [2.45, 2.75) is 43.9 Å². The molecule has 4 rings (SSSR count). The summed E-state index contributed by atoms with van der Waals surface area (Å²) in [7, 11) is 1.61. The minimum Gasteiger partial charge on any atom is -0.497 e. The van der Waals surface area contributed by atoms with Gasteiger partial charge in [0, 0.05) is 36.8 Å². The summed E-state index contributed by atoms with van der Waals surface area (Å²) in [5.41, 5.74) is 8.62. The van der Waals surface area contributed by atoms with Crippen molar-refractivity contribution < 1.29 is 18.7 Å². The van der Waals surface area contributed by atoms with Crippen LogP contribution in [0.4, 0.5) is 4.39 Å². The van der Waals surface area contributed by atoms with Crippen molar-refractivity contribution in [1.29, 1.82) is 0 Å². The number of amides is 2. The molecule has 1 aliphatic heterocycles. The number of nitrogens with zero attached hydrogens (tertiary/aromatic N) is 2. The predicted octanol–water partition coefficient (Wildman–Crippen LogP) is 4.23. The molecule has 7 nitrogen and oxygen atoms in total. The van der Waals surface area contributed by atoms with Gasteiger partial charge in [-0.25, -0.2) is 4.98 Å². The molecule has 0 aliphatic carbocycles. The maximum Gasteiger partial charge on any atom is 0.226 e. The van der Waals surface area contributed by atoms with Gasteiger partial charge in [0.2, 0.25) is 11.8 Å². The minimum absolute atomic E-state index is 0.0700. The first-order chi connectivity index (χ1) is 18.5. The molecule has 2 heterocycles. The number of ether oxygens (including phenoxy) is 1. The molecule has 38 heavy (non-hydrogen) atoms. The Bertz CT molecular complexity index is 1160. The van der Waals surface area contributed by atoms with E-state index in [-0.39, 0.29) is 18.0 Å². The van der Waals surface area contributed by atoms with E-state index < -0.39 is 17.7 Å². The summed E-state index contributed by atoms with van der Waals surface area (Å²) in [5.74, 6) is -1.17. The summed E-state index contributed by atoms with van der Waals surface area (Å²) >= 11 is 0. The van der Waals surface area contributed by atoms with Crippen LogP contribution in [0.3, 0.4) is 0 Å². The molecule has 0 radical (unpaired) electrons. The number of benzene rings is 2. The van der Waals surface area contributed by atoms with Crippen molar-refractivity contribution in [2.75, 3.05) is 26.9 Å². The molecule has 1 aromatic heterocycles. The highest BCUT2D eigenvalue weighted by Gasteiger charge is 2.48. The van der Waals surface area contributed by atoms with E-state index >= 15 is 0 Å². The second kappa shape index (κ2) is 12.7. The normalized spacial score (nSPS) is 15.9. The largest absolute Gasteiger partial charge is 0.497 e. The summed E-state index contributed by atoms with van der Waals surface area (Å²) in [5, 5.41) is 0. The minimum atomic E-state index is -0.693. The molecule has 1 aliphatic rings. The highest BCUT2D eigenvalue weighted by Crippen LogP contribution is 2.41. The first-order valence-electron chi connectivity index (χ1n) is 13.3. The van der Waals surface area contributed by atoms with E-state index in [1.165, 1.54) is 5.56 Å². The third-order valence-electron chi connectivity index (χ3n) is 7.75. The zero-order valence-corrected chi connectivity index (χ0v) is 21.9. The van der Waals surface area contributed by atoms with Gasteiger partial charge in [-0.2, -0.15) is 0 Å². The van der Waals surface area contributed by atoms with Crippen LogP contribution >= 0.6 is 0 Å². The van der Waals surface area contributed by atoms with Crippen LogP contribution in [0.25, 0.3) is 0 Å². The van der Waals surface area contributed by atoms with Crippen molar-refractivity contribution in [3.63, 3.8) is 0 Å². The number of primary amides is 1. The maximum absolute atomic E-state index is 14.0. The lowest BCUT2D eigenvalue weighted by Gasteiger charge is -2.52. The van der Waals surface area contributed by atoms with Crippen LogP contribution < -0.4 is 10.5 Å². The van der Waals surface area contributed by atoms with Crippen LogP contribution in [-0.4, -0.2) is 53.6 Å². The number of hydrogen-bond donors (Lipinski definition) is 2. The van der Waals surface area contributed by atoms with Crippen LogP contribution in [0.5, 0.6) is 5.75 Å². The van der Waals surface area contributed by atoms with E-state index in [1.54, 1.807) is 19.6 Å². The summed E-state index contributed by atoms with van der Waals surface area (Å²) in [4.78, 5) is 35.7. The Morgan fingerprint density at radius 3 is 2.39 bits per heavy atom. The van der Waals surface area contributed by atoms with Crippen molar-refractivity contribution >= 4 is 11.8 Å². The number of carbonyl (C=O) groups excluding carboxylic acids is 2. The number of methoxy groups -OCH3 is 1. The molecule has 3 N–H and O–H groups in total. The molecule has 8 heteroatoms. The Labute approximate surface area is 223 Å². The van der Waals surface area contributed by atoms with Crippen LogP contribution in [-0.2, 0) is 27.8 Å². The van der Waals surface area contributed by atoms with Gasteiger partial charge < -0.3 is 20.4 Å². The Morgan fingerprint density at radius 2 is 1.79 bits per heavy atom. The first-order valence-corrected chi connectivity index (χ1v) is 13.3. The monoisotopic (exact) mass is 520 g/mol. The zero-order chi connectivity index (χ0) is 27.0. The Hall–Kier alpha value is -3.68. The number of carbonyl (C=O) groups is 2. The Balaban J connectivity index is 1.57. The van der Waals surface area contributed by atoms with E-state index in [0.717, 1.165) is 36.3 Å². The number of aromatic nitrogens is 2. The fraction of sp³-hybridized carbons (Fsp3) is 0.433. The number of halogens is 1. The molecule has 0 bridgehead atoms. The molecule has 0 spiro atoms. The molecule has 3 aromatic rings. The van der Waals surface area contributed by atoms with E-state index in [9.17, 15) is 14.0 Å². The number of likely N-dealkylation sites (tertiary alicyclic amines) is 1. The number of rotatable bonds is 14. The fourth-order valence-electron chi connectivity index (χ4n) is 5.58. The standard InChI is InChI=1S/C30H37FN4O3/c1-38-25-12-10-22(11-13-25)16-27(26(28(32)36)17-24-18-33-21-34-24)29(37)35-19-30(20-35,14-6-3-7-15-31)23-8-4-2-5-9-23/h2,4-5,8-13,18,21,26-27H,3,6-7,14-17,19-20H2,1H3,(H2,32,36)(H,33,34)/t26?,27-/m1/s1. The van der Waals surface area contributed by atoms with E-state index in [4.69, 9.17) is 10.5 Å². The van der Waals surface area contributed by atoms with Gasteiger partial charge in [-0.15, -0.1) is 0 Å². The average Bonchev–Trinajstić information content (AvgIpc) is 3.43. The van der Waals surface area contributed by atoms with Gasteiger partial charge >= 0.3 is 0 Å². The zero-order valence-electron chi connectivity index (χ0n) is 21.9. The number of H-pyrrole nitrogens is 1. The second-order valence-corrected chi connectivity index (χ2v) is 10.3. The van der Waals surface area contributed by atoms with E-state index in [2.05, 4.69) is 22.1 Å². The topological polar surface area (TPSA) is 101 Å². The predicted molar refractivity (Wildman–Crippen MR) is 144 cm³/mol. The van der Waals surface area contributed by atoms with Crippen LogP contribution in [0.2, 0.25) is 0 Å². The number of alkyl halides is 1. The second-order valence-electron chi connectivity index (χ2n) is 10.3. The highest BCUT2D eigenvalue weighted by atomic mass is 19.1. The van der Waals surface area contributed by atoms with Crippen LogP contribution in [0.1, 0.15) is 42.5 Å². The lowest BCUT2D eigenvalue weighted by Crippen LogP contribution is -2.63. The van der Waals surface area contributed by atoms with Gasteiger partial charge in [-0.1, -0.05) is 55.3 Å². The van der Waals surface area contributed by atoms with Gasteiger partial charge in [0.1, 0.15) is 5.75 Å². The molecule has 1 fully saturated rings. The first kappa shape index (κ1) is 27.4. The van der Waals surface area contributed by atoms with Crippen molar-refractivity contribution in [3.05, 3.63) is 83.9 Å². The van der Waals surface area contributed by atoms with Crippen molar-refractivity contribution in [3.8, 4) is 5.75 Å². The van der Waals surface area contributed by atoms with E-state index in [0.29, 0.717) is 32.4 Å². The number of nitrogens with two attached hydrogens (primary N) is 1. The molecule has 2 aromatic carbocycles. The lowest BCUT2D eigenvalue weighted by atomic mass is 9.69. The molecule has 2 atom stereocenters. The maximum atomic E-state index is 14.0. The summed E-state index contributed by atoms with van der Waals surface area (Å²) in [6, 6.07) is 17.8. The molecular weight excluding hydrogens is 483 g/mol. The molecule has 1 saturated heterocycles. The highest BCUT2D eigenvalue weighted by molar-refractivity contribution is 5.88. The van der Waals surface area contributed by atoms with Gasteiger partial charge in [-0.3, -0.25) is 14.0 Å². The van der Waals surface area contributed by atoms with Gasteiger partial charge in [0.15, 0.2) is 0 Å². The lowest BCUT2D eigenvalue weighted by molar-refractivity contribution is -0.148. The Morgan fingerprint density at radius 1 is 1.05 bits per heavy atom. The van der Waals surface area contributed by atoms with Crippen molar-refractivity contribution in [1.82, 2.24) is 14.9 Å². The fourth-order valence-corrected chi connectivity index (χ4v) is 5.58. The quantitative estimate of drug-likeness (QED) is 0.311. The molecular formula is C30H37FN4O3. The van der Waals surface area contributed by atoms with Gasteiger partial charge in [0.25, 0.3) is 0 Å². The molecule has 2 amide bonds. The SMILES string of the molecule is COc1ccc(C[C@@H](C(=O)N2CC(CCCCCF)(c3ccccc3)C2)C(Cc2cnc[nH]2)C(N)=O)cc1. The average molecular weight is 521 g/mol. The molecule has 0 saturated carbocycles. The number of unbranched alkanes of at least 4 members (excludes halogenated alkanes) is 2. The van der Waals surface area contributed by atoms with E-state index in [1.807, 2.05) is 47.4 Å². The van der Waals surface area contributed by atoms with Crippen LogP contribution in [0.15, 0.2) is 67.1 Å². The van der Waals surface area contributed by atoms with Gasteiger partial charge in [-0.05, 0) is 42.5 Å². The molecule has 202 valence electrons. The van der Waals surface area contributed by atoms with Gasteiger partial charge in [0.05, 0.1) is 31.9 Å². The number of aromatic amines is 1. The summed E-state index contributed by atoms with van der Waals surface area (Å²) < 4.78 is 18.0. The summed E-state index contributed by atoms with van der Waals surface area (Å²) in [6.07, 6.45) is 7.08. The summed E-state index contributed by atoms with van der Waals surface area (Å²) in [6.45, 7) is 0.834. The number of imidazole rings is 1. The Kier molecular flexibility index (Phi) is 9.15.